The van der Waals surface area contributed by atoms with Gasteiger partial charge in [-0.15, -0.1) is 0 Å². The van der Waals surface area contributed by atoms with Crippen LogP contribution in [0.5, 0.6) is 5.75 Å². The first-order valence-corrected chi connectivity index (χ1v) is 10.0. The van der Waals surface area contributed by atoms with E-state index >= 15 is 0 Å². The normalized spacial score (nSPS) is 11.5. The predicted octanol–water partition coefficient (Wildman–Crippen LogP) is 4.40. The number of carbonyl (C=O) groups excluding carboxylic acids is 1. The van der Waals surface area contributed by atoms with Gasteiger partial charge in [0.1, 0.15) is 5.75 Å². The summed E-state index contributed by atoms with van der Waals surface area (Å²) in [7, 11) is -3.69. The number of nitrogens with one attached hydrogen (secondary N) is 1. The first kappa shape index (κ1) is 19.4. The molecule has 0 radical (unpaired) electrons. The van der Waals surface area contributed by atoms with Crippen LogP contribution in [-0.2, 0) is 10.0 Å². The van der Waals surface area contributed by atoms with Gasteiger partial charge in [-0.1, -0.05) is 35.9 Å². The lowest BCUT2D eigenvalue weighted by Gasteiger charge is -2.08. The van der Waals surface area contributed by atoms with E-state index in [-0.39, 0.29) is 16.4 Å². The highest BCUT2D eigenvalue weighted by molar-refractivity contribution is 7.92. The van der Waals surface area contributed by atoms with Crippen LogP contribution in [0.2, 0.25) is 0 Å². The van der Waals surface area contributed by atoms with Gasteiger partial charge in [0.15, 0.2) is 5.78 Å². The molecule has 28 heavy (non-hydrogen) atoms. The molecule has 0 aliphatic heterocycles. The van der Waals surface area contributed by atoms with E-state index in [4.69, 9.17) is 0 Å². The summed E-state index contributed by atoms with van der Waals surface area (Å²) < 4.78 is 27.3. The number of allylic oxidation sites excluding steroid dienone is 1. The van der Waals surface area contributed by atoms with Crippen LogP contribution in [0.3, 0.4) is 0 Å². The van der Waals surface area contributed by atoms with Gasteiger partial charge in [0, 0.05) is 11.3 Å². The van der Waals surface area contributed by atoms with E-state index in [0.29, 0.717) is 16.8 Å². The van der Waals surface area contributed by atoms with E-state index in [1.165, 1.54) is 6.08 Å². The second-order valence-electron chi connectivity index (χ2n) is 6.29. The van der Waals surface area contributed by atoms with Crippen molar-refractivity contribution in [1.29, 1.82) is 0 Å². The van der Waals surface area contributed by atoms with Crippen LogP contribution in [0.4, 0.5) is 5.69 Å². The van der Waals surface area contributed by atoms with Crippen molar-refractivity contribution in [2.75, 3.05) is 4.72 Å². The molecule has 0 amide bonds. The Labute approximate surface area is 164 Å². The molecule has 0 saturated heterocycles. The zero-order valence-electron chi connectivity index (χ0n) is 15.2. The minimum absolute atomic E-state index is 0.125. The third-order valence-electron chi connectivity index (χ3n) is 4.05. The lowest BCUT2D eigenvalue weighted by molar-refractivity contribution is 0.104. The minimum atomic E-state index is -3.69. The number of anilines is 1. The molecule has 5 nitrogen and oxygen atoms in total. The summed E-state index contributed by atoms with van der Waals surface area (Å²) in [5.74, 6) is -0.101. The molecule has 0 aliphatic carbocycles. The first-order chi connectivity index (χ1) is 13.3. The Morgan fingerprint density at radius 3 is 2.29 bits per heavy atom. The molecule has 0 heterocycles. The summed E-state index contributed by atoms with van der Waals surface area (Å²) >= 11 is 0. The summed E-state index contributed by atoms with van der Waals surface area (Å²) in [6, 6.07) is 19.3. The van der Waals surface area contributed by atoms with Crippen LogP contribution in [-0.4, -0.2) is 19.3 Å². The molecule has 3 aromatic rings. The molecule has 142 valence electrons. The average Bonchev–Trinajstić information content (AvgIpc) is 2.67. The largest absolute Gasteiger partial charge is 0.508 e. The molecule has 0 unspecified atom stereocenters. The Hall–Kier alpha value is -3.38. The van der Waals surface area contributed by atoms with Crippen LogP contribution in [0.1, 0.15) is 21.5 Å². The quantitative estimate of drug-likeness (QED) is 0.480. The first-order valence-electron chi connectivity index (χ1n) is 8.54. The van der Waals surface area contributed by atoms with E-state index < -0.39 is 10.0 Å². The average molecular weight is 393 g/mol. The van der Waals surface area contributed by atoms with Crippen molar-refractivity contribution in [3.63, 3.8) is 0 Å². The molecular formula is C22H19NO4S. The van der Waals surface area contributed by atoms with Gasteiger partial charge in [-0.25, -0.2) is 8.42 Å². The molecule has 6 heteroatoms. The second-order valence-corrected chi connectivity index (χ2v) is 7.97. The number of ketones is 1. The van der Waals surface area contributed by atoms with E-state index in [9.17, 15) is 18.3 Å². The summed E-state index contributed by atoms with van der Waals surface area (Å²) in [5, 5.41) is 9.44. The molecular weight excluding hydrogens is 374 g/mol. The standard InChI is InChI=1S/C22H19NO4S/c1-16-5-12-21(13-6-16)28(26,27)23-19-10-8-18(9-11-19)22(25)14-7-17-3-2-4-20(24)15-17/h2-15,23-24H,1H3/b14-7+. The smallest absolute Gasteiger partial charge is 0.261 e. The Morgan fingerprint density at radius 1 is 0.964 bits per heavy atom. The lowest BCUT2D eigenvalue weighted by atomic mass is 10.1. The topological polar surface area (TPSA) is 83.5 Å². The zero-order chi connectivity index (χ0) is 20.1. The number of benzene rings is 3. The summed E-state index contributed by atoms with van der Waals surface area (Å²) in [5.41, 5.74) is 2.47. The lowest BCUT2D eigenvalue weighted by Crippen LogP contribution is -2.13. The van der Waals surface area contributed by atoms with Crippen molar-refractivity contribution < 1.29 is 18.3 Å². The number of phenols is 1. The summed E-state index contributed by atoms with van der Waals surface area (Å²) in [6.07, 6.45) is 3.01. The fourth-order valence-electron chi connectivity index (χ4n) is 2.53. The highest BCUT2D eigenvalue weighted by Crippen LogP contribution is 2.18. The van der Waals surface area contributed by atoms with Crippen LogP contribution >= 0.6 is 0 Å². The fourth-order valence-corrected chi connectivity index (χ4v) is 3.59. The van der Waals surface area contributed by atoms with Gasteiger partial charge < -0.3 is 5.11 Å². The van der Waals surface area contributed by atoms with Gasteiger partial charge in [0.2, 0.25) is 0 Å². The number of hydrogen-bond acceptors (Lipinski definition) is 4. The Balaban J connectivity index is 1.70. The molecule has 2 N–H and O–H groups in total. The van der Waals surface area contributed by atoms with Crippen molar-refractivity contribution in [3.05, 3.63) is 95.6 Å². The number of phenolic OH excluding ortho intramolecular Hbond substituents is 1. The van der Waals surface area contributed by atoms with Crippen molar-refractivity contribution in [2.45, 2.75) is 11.8 Å². The third-order valence-corrected chi connectivity index (χ3v) is 5.45. The van der Waals surface area contributed by atoms with Gasteiger partial charge in [0.25, 0.3) is 10.0 Å². The highest BCUT2D eigenvalue weighted by atomic mass is 32.2. The highest BCUT2D eigenvalue weighted by Gasteiger charge is 2.14. The Kier molecular flexibility index (Phi) is 5.61. The number of hydrogen-bond donors (Lipinski definition) is 2. The second kappa shape index (κ2) is 8.10. The molecule has 3 aromatic carbocycles. The van der Waals surface area contributed by atoms with Crippen molar-refractivity contribution in [1.82, 2.24) is 0 Å². The number of aromatic hydroxyl groups is 1. The van der Waals surface area contributed by atoms with Crippen molar-refractivity contribution in [2.24, 2.45) is 0 Å². The minimum Gasteiger partial charge on any atom is -0.508 e. The monoisotopic (exact) mass is 393 g/mol. The molecule has 0 bridgehead atoms. The van der Waals surface area contributed by atoms with Gasteiger partial charge >= 0.3 is 0 Å². The van der Waals surface area contributed by atoms with E-state index in [0.717, 1.165) is 5.56 Å². The molecule has 0 saturated carbocycles. The molecule has 0 aromatic heterocycles. The van der Waals surface area contributed by atoms with Gasteiger partial charge in [-0.05, 0) is 67.1 Å². The number of sulfonamides is 1. The molecule has 0 spiro atoms. The maximum absolute atomic E-state index is 12.4. The molecule has 0 aliphatic rings. The van der Waals surface area contributed by atoms with Crippen molar-refractivity contribution >= 4 is 27.6 Å². The van der Waals surface area contributed by atoms with Crippen molar-refractivity contribution in [3.8, 4) is 5.75 Å². The molecule has 0 atom stereocenters. The SMILES string of the molecule is Cc1ccc(S(=O)(=O)Nc2ccc(C(=O)/C=C/c3cccc(O)c3)cc2)cc1. The number of aryl methyl sites for hydroxylation is 1. The summed E-state index contributed by atoms with van der Waals surface area (Å²) in [4.78, 5) is 12.4. The van der Waals surface area contributed by atoms with Crippen LogP contribution in [0, 0.1) is 6.92 Å². The van der Waals surface area contributed by atoms with E-state index in [1.807, 2.05) is 6.92 Å². The van der Waals surface area contributed by atoms with E-state index in [1.54, 1.807) is 78.9 Å². The van der Waals surface area contributed by atoms with Gasteiger partial charge in [-0.2, -0.15) is 0 Å². The number of rotatable bonds is 6. The Morgan fingerprint density at radius 2 is 1.64 bits per heavy atom. The van der Waals surface area contributed by atoms with Gasteiger partial charge in [0.05, 0.1) is 4.90 Å². The third kappa shape index (κ3) is 4.86. The van der Waals surface area contributed by atoms with Gasteiger partial charge in [-0.3, -0.25) is 9.52 Å². The van der Waals surface area contributed by atoms with E-state index in [2.05, 4.69) is 4.72 Å². The Bertz CT molecular complexity index is 1120. The maximum Gasteiger partial charge on any atom is 0.261 e. The number of carbonyl (C=O) groups is 1. The summed E-state index contributed by atoms with van der Waals surface area (Å²) in [6.45, 7) is 1.88. The molecule has 3 rings (SSSR count). The zero-order valence-corrected chi connectivity index (χ0v) is 16.0. The van der Waals surface area contributed by atoms with Crippen LogP contribution < -0.4 is 4.72 Å². The van der Waals surface area contributed by atoms with Crippen LogP contribution in [0.15, 0.2) is 83.8 Å². The predicted molar refractivity (Wildman–Crippen MR) is 110 cm³/mol. The van der Waals surface area contributed by atoms with Crippen LogP contribution in [0.25, 0.3) is 6.08 Å². The fraction of sp³-hybridized carbons (Fsp3) is 0.0455. The molecule has 0 fully saturated rings. The maximum atomic E-state index is 12.4.